The number of rotatable bonds is 6. The molecule has 1 rings (SSSR count). The van der Waals surface area contributed by atoms with Crippen molar-refractivity contribution in [1.29, 1.82) is 0 Å². The van der Waals surface area contributed by atoms with E-state index in [0.717, 1.165) is 10.5 Å². The van der Waals surface area contributed by atoms with E-state index >= 15 is 0 Å². The Morgan fingerprint density at radius 3 is 2.26 bits per heavy atom. The number of carbonyl (C=O) groups excluding carboxylic acids is 2. The number of amides is 2. The van der Waals surface area contributed by atoms with Crippen molar-refractivity contribution in [2.45, 2.75) is 39.3 Å². The molecule has 1 aromatic rings. The monoisotopic (exact) mass is 320 g/mol. The van der Waals surface area contributed by atoms with E-state index in [4.69, 9.17) is 0 Å². The minimum atomic E-state index is -0.250. The van der Waals surface area contributed by atoms with E-state index in [2.05, 4.69) is 5.32 Å². The van der Waals surface area contributed by atoms with Gasteiger partial charge in [0.1, 0.15) is 0 Å². The zero-order valence-electron chi connectivity index (χ0n) is 15.1. The van der Waals surface area contributed by atoms with Gasteiger partial charge >= 0.3 is 0 Å². The molecule has 0 aliphatic rings. The fraction of sp³-hybridized carbons (Fsp3) is 0.556. The van der Waals surface area contributed by atoms with Gasteiger partial charge in [-0.15, -0.1) is 0 Å². The Labute approximate surface area is 139 Å². The van der Waals surface area contributed by atoms with Gasteiger partial charge in [-0.2, -0.15) is 0 Å². The summed E-state index contributed by atoms with van der Waals surface area (Å²) in [6.45, 7) is 8.43. The molecule has 0 radical (unpaired) electrons. The third kappa shape index (κ3) is 6.82. The first kappa shape index (κ1) is 19.2. The molecule has 1 unspecified atom stereocenters. The lowest BCUT2D eigenvalue weighted by molar-refractivity contribution is -0.863. The fourth-order valence-electron chi connectivity index (χ4n) is 2.35. The van der Waals surface area contributed by atoms with Gasteiger partial charge in [-0.3, -0.25) is 9.59 Å². The number of likely N-dealkylation sites (N-methyl/N-ethyl adjacent to an activating group) is 2. The van der Waals surface area contributed by atoms with Crippen molar-refractivity contribution in [3.05, 3.63) is 35.9 Å². The predicted octanol–water partition coefficient (Wildman–Crippen LogP) is 0.635. The summed E-state index contributed by atoms with van der Waals surface area (Å²) < 4.78 is 0. The molecule has 0 saturated carbocycles. The summed E-state index contributed by atoms with van der Waals surface area (Å²) in [5.41, 5.74) is 0.853. The van der Waals surface area contributed by atoms with Gasteiger partial charge in [0.15, 0.2) is 13.1 Å². The highest BCUT2D eigenvalue weighted by Crippen LogP contribution is 2.17. The average Bonchev–Trinajstić information content (AvgIpc) is 2.44. The van der Waals surface area contributed by atoms with Crippen molar-refractivity contribution >= 4 is 11.8 Å². The number of nitrogens with zero attached hydrogens (tertiary/aromatic N) is 1. The Bertz CT molecular complexity index is 523. The number of nitrogens with one attached hydrogen (secondary N) is 2. The lowest BCUT2D eigenvalue weighted by Crippen LogP contribution is -3.11. The molecule has 2 N–H and O–H groups in total. The van der Waals surface area contributed by atoms with E-state index in [1.54, 1.807) is 4.90 Å². The number of carbonyl (C=O) groups is 2. The number of hydrogen-bond acceptors (Lipinski definition) is 2. The molecule has 2 atom stereocenters. The van der Waals surface area contributed by atoms with Crippen molar-refractivity contribution in [1.82, 2.24) is 10.2 Å². The van der Waals surface area contributed by atoms with Crippen LogP contribution in [0.3, 0.4) is 0 Å². The molecule has 0 aromatic heterocycles. The molecule has 0 spiro atoms. The quantitative estimate of drug-likeness (QED) is 0.808. The SMILES string of the molecule is C[C@@H](c1ccccc1)N(C)C(=O)C[NH+](C)CC(=O)NC(C)(C)C. The van der Waals surface area contributed by atoms with Crippen molar-refractivity contribution in [3.63, 3.8) is 0 Å². The van der Waals surface area contributed by atoms with Gasteiger partial charge in [0.25, 0.3) is 11.8 Å². The average molecular weight is 320 g/mol. The molecule has 0 saturated heterocycles. The number of quaternary nitrogens is 1. The van der Waals surface area contributed by atoms with Crippen molar-refractivity contribution < 1.29 is 14.5 Å². The lowest BCUT2D eigenvalue weighted by atomic mass is 10.1. The zero-order chi connectivity index (χ0) is 17.6. The van der Waals surface area contributed by atoms with Crippen LogP contribution in [0.15, 0.2) is 30.3 Å². The molecule has 0 heterocycles. The normalized spacial score (nSPS) is 14.0. The Morgan fingerprint density at radius 1 is 1.17 bits per heavy atom. The van der Waals surface area contributed by atoms with Crippen LogP contribution in [-0.4, -0.2) is 49.4 Å². The van der Waals surface area contributed by atoms with Crippen LogP contribution in [0.2, 0.25) is 0 Å². The van der Waals surface area contributed by atoms with Crippen LogP contribution >= 0.6 is 0 Å². The maximum absolute atomic E-state index is 12.4. The minimum absolute atomic E-state index is 0.0138. The first-order valence-corrected chi connectivity index (χ1v) is 8.03. The summed E-state index contributed by atoms with van der Waals surface area (Å²) in [6.07, 6.45) is 0. The number of benzene rings is 1. The topological polar surface area (TPSA) is 53.9 Å². The summed E-state index contributed by atoms with van der Waals surface area (Å²) in [6, 6.07) is 9.95. The van der Waals surface area contributed by atoms with Crippen molar-refractivity contribution in [2.24, 2.45) is 0 Å². The molecule has 0 bridgehead atoms. The third-order valence-electron chi connectivity index (χ3n) is 3.69. The van der Waals surface area contributed by atoms with Gasteiger partial charge in [-0.05, 0) is 33.3 Å². The largest absolute Gasteiger partial charge is 0.347 e. The molecule has 23 heavy (non-hydrogen) atoms. The Hall–Kier alpha value is -1.88. The maximum atomic E-state index is 12.4. The zero-order valence-corrected chi connectivity index (χ0v) is 15.1. The smallest absolute Gasteiger partial charge is 0.278 e. The van der Waals surface area contributed by atoms with E-state index in [9.17, 15) is 9.59 Å². The number of hydrogen-bond donors (Lipinski definition) is 2. The van der Waals surface area contributed by atoms with E-state index in [0.29, 0.717) is 6.54 Å². The minimum Gasteiger partial charge on any atom is -0.347 e. The van der Waals surface area contributed by atoms with Gasteiger partial charge in [0.05, 0.1) is 13.1 Å². The van der Waals surface area contributed by atoms with E-state index in [-0.39, 0.29) is 29.9 Å². The highest BCUT2D eigenvalue weighted by atomic mass is 16.2. The van der Waals surface area contributed by atoms with Crippen LogP contribution < -0.4 is 10.2 Å². The second kappa shape index (κ2) is 8.11. The standard InChI is InChI=1S/C18H29N3O2/c1-14(15-10-8-7-9-11-15)21(6)17(23)13-20(5)12-16(22)19-18(2,3)4/h7-11,14H,12-13H2,1-6H3,(H,19,22)/p+1/t14-/m0/s1. The van der Waals surface area contributed by atoms with E-state index in [1.807, 2.05) is 72.1 Å². The summed E-state index contributed by atoms with van der Waals surface area (Å²) in [7, 11) is 3.67. The molecule has 0 aliphatic carbocycles. The Balaban J connectivity index is 2.53. The maximum Gasteiger partial charge on any atom is 0.278 e. The molecule has 0 fully saturated rings. The lowest BCUT2D eigenvalue weighted by Gasteiger charge is -2.27. The highest BCUT2D eigenvalue weighted by Gasteiger charge is 2.22. The molecular weight excluding hydrogens is 290 g/mol. The second-order valence-corrected chi connectivity index (χ2v) is 7.20. The molecular formula is C18H30N3O2+. The first-order valence-electron chi connectivity index (χ1n) is 8.03. The molecule has 128 valence electrons. The fourth-order valence-corrected chi connectivity index (χ4v) is 2.35. The predicted molar refractivity (Wildman–Crippen MR) is 92.1 cm³/mol. The van der Waals surface area contributed by atoms with Gasteiger partial charge in [-0.25, -0.2) is 0 Å². The third-order valence-corrected chi connectivity index (χ3v) is 3.69. The van der Waals surface area contributed by atoms with Crippen molar-refractivity contribution in [2.75, 3.05) is 27.2 Å². The van der Waals surface area contributed by atoms with Gasteiger partial charge in [0.2, 0.25) is 0 Å². The summed E-state index contributed by atoms with van der Waals surface area (Å²) in [4.78, 5) is 26.9. The van der Waals surface area contributed by atoms with Crippen LogP contribution in [0.25, 0.3) is 0 Å². The second-order valence-electron chi connectivity index (χ2n) is 7.20. The Kier molecular flexibility index (Phi) is 6.76. The van der Waals surface area contributed by atoms with Crippen LogP contribution in [0, 0.1) is 0 Å². The molecule has 2 amide bonds. The van der Waals surface area contributed by atoms with Crippen LogP contribution in [-0.2, 0) is 9.59 Å². The summed E-state index contributed by atoms with van der Waals surface area (Å²) >= 11 is 0. The van der Waals surface area contributed by atoms with Crippen LogP contribution in [0.5, 0.6) is 0 Å². The molecule has 5 nitrogen and oxygen atoms in total. The highest BCUT2D eigenvalue weighted by molar-refractivity contribution is 5.79. The van der Waals surface area contributed by atoms with Crippen LogP contribution in [0.1, 0.15) is 39.3 Å². The van der Waals surface area contributed by atoms with Gasteiger partial charge < -0.3 is 15.1 Å². The van der Waals surface area contributed by atoms with Gasteiger partial charge in [0, 0.05) is 12.6 Å². The summed E-state index contributed by atoms with van der Waals surface area (Å²) in [5.74, 6) is -0.0102. The Morgan fingerprint density at radius 2 is 1.74 bits per heavy atom. The van der Waals surface area contributed by atoms with E-state index < -0.39 is 0 Å². The molecule has 1 aromatic carbocycles. The van der Waals surface area contributed by atoms with Gasteiger partial charge in [-0.1, -0.05) is 30.3 Å². The molecule has 5 heteroatoms. The molecule has 0 aliphatic heterocycles. The van der Waals surface area contributed by atoms with Crippen LogP contribution in [0.4, 0.5) is 0 Å². The first-order chi connectivity index (χ1) is 10.6. The van der Waals surface area contributed by atoms with Crippen molar-refractivity contribution in [3.8, 4) is 0 Å². The van der Waals surface area contributed by atoms with E-state index in [1.165, 1.54) is 0 Å². The summed E-state index contributed by atoms with van der Waals surface area (Å²) in [5, 5.41) is 2.92.